The first-order valence-electron chi connectivity index (χ1n) is 10.4. The minimum absolute atomic E-state index is 0.0113. The van der Waals surface area contributed by atoms with Crippen LogP contribution in [0.1, 0.15) is 26.7 Å². The Morgan fingerprint density at radius 2 is 1.55 bits per heavy atom. The second-order valence-corrected chi connectivity index (χ2v) is 8.59. The van der Waals surface area contributed by atoms with Crippen LogP contribution in [0.3, 0.4) is 0 Å². The fraction of sp³-hybridized carbons (Fsp3) is 0.0769. The lowest BCUT2D eigenvalue weighted by molar-refractivity contribution is -0.384. The molecule has 33 heavy (non-hydrogen) atoms. The van der Waals surface area contributed by atoms with E-state index < -0.39 is 16.9 Å². The quantitative estimate of drug-likeness (QED) is 0.206. The number of Topliss-reactive ketones (excluding diaryl/α,β-unsaturated/α-hetero) is 1. The second-order valence-electron chi connectivity index (χ2n) is 7.64. The number of nitrogens with zero attached hydrogens (tertiary/aromatic N) is 3. The molecule has 2 unspecified atom stereocenters. The Balaban J connectivity index is 1.68. The molecule has 2 heterocycles. The van der Waals surface area contributed by atoms with Crippen LogP contribution >= 0.6 is 11.3 Å². The molecule has 0 saturated heterocycles. The number of hydrogen-bond donors (Lipinski definition) is 0. The molecule has 2 atom stereocenters. The van der Waals surface area contributed by atoms with E-state index >= 15 is 0 Å². The Hall–Kier alpha value is -4.10. The normalized spacial score (nSPS) is 17.6. The van der Waals surface area contributed by atoms with Crippen molar-refractivity contribution in [2.75, 3.05) is 5.01 Å². The van der Waals surface area contributed by atoms with Crippen molar-refractivity contribution in [3.05, 3.63) is 129 Å². The summed E-state index contributed by atoms with van der Waals surface area (Å²) in [6.45, 7) is 0. The molecule has 0 amide bonds. The standard InChI is InChI=1S/C26H19N3O3S/c30-26(19-8-3-1-4-9-19)25-23(18-13-15-21(16-14-18)29(31)32)24(22-12-7-17-33-22)27-28(25)20-10-5-2-6-11-20/h1-17,23,25H. The third-order valence-electron chi connectivity index (χ3n) is 5.67. The van der Waals surface area contributed by atoms with E-state index in [2.05, 4.69) is 0 Å². The first-order valence-corrected chi connectivity index (χ1v) is 11.3. The van der Waals surface area contributed by atoms with E-state index in [1.807, 2.05) is 78.2 Å². The molecule has 1 aliphatic heterocycles. The third-order valence-corrected chi connectivity index (χ3v) is 6.57. The Morgan fingerprint density at radius 1 is 0.879 bits per heavy atom. The van der Waals surface area contributed by atoms with E-state index in [0.29, 0.717) is 5.56 Å². The van der Waals surface area contributed by atoms with Gasteiger partial charge in [-0.25, -0.2) is 0 Å². The highest BCUT2D eigenvalue weighted by Crippen LogP contribution is 2.40. The van der Waals surface area contributed by atoms with Gasteiger partial charge in [-0.2, -0.15) is 5.10 Å². The summed E-state index contributed by atoms with van der Waals surface area (Å²) >= 11 is 1.56. The average Bonchev–Trinajstić information content (AvgIpc) is 3.53. The van der Waals surface area contributed by atoms with E-state index in [1.54, 1.807) is 28.5 Å². The van der Waals surface area contributed by atoms with Crippen molar-refractivity contribution in [1.82, 2.24) is 0 Å². The monoisotopic (exact) mass is 453 g/mol. The van der Waals surface area contributed by atoms with E-state index in [4.69, 9.17) is 5.10 Å². The zero-order chi connectivity index (χ0) is 22.8. The lowest BCUT2D eigenvalue weighted by Gasteiger charge is -2.27. The van der Waals surface area contributed by atoms with Crippen LogP contribution in [0.5, 0.6) is 0 Å². The SMILES string of the molecule is O=C(c1ccccc1)C1C(c2ccc([N+](=O)[O-])cc2)C(c2cccs2)=NN1c1ccccc1. The van der Waals surface area contributed by atoms with Crippen molar-refractivity contribution in [3.63, 3.8) is 0 Å². The van der Waals surface area contributed by atoms with Crippen LogP contribution in [0.25, 0.3) is 0 Å². The summed E-state index contributed by atoms with van der Waals surface area (Å²) in [5, 5.41) is 19.9. The number of rotatable bonds is 6. The molecule has 162 valence electrons. The molecule has 5 rings (SSSR count). The zero-order valence-electron chi connectivity index (χ0n) is 17.4. The summed E-state index contributed by atoms with van der Waals surface area (Å²) in [5.74, 6) is -0.449. The number of carbonyl (C=O) groups excluding carboxylic acids is 1. The first kappa shape index (κ1) is 20.8. The van der Waals surface area contributed by atoms with Crippen molar-refractivity contribution in [1.29, 1.82) is 0 Å². The molecule has 0 bridgehead atoms. The van der Waals surface area contributed by atoms with E-state index in [0.717, 1.165) is 21.8 Å². The van der Waals surface area contributed by atoms with Gasteiger partial charge in [0, 0.05) is 17.7 Å². The molecule has 0 aliphatic carbocycles. The molecule has 0 spiro atoms. The van der Waals surface area contributed by atoms with Crippen LogP contribution in [0, 0.1) is 10.1 Å². The van der Waals surface area contributed by atoms with Gasteiger partial charge >= 0.3 is 0 Å². The molecule has 6 nitrogen and oxygen atoms in total. The Kier molecular flexibility index (Phi) is 5.54. The number of ketones is 1. The number of hydrogen-bond acceptors (Lipinski definition) is 6. The minimum Gasteiger partial charge on any atom is -0.292 e. The third kappa shape index (κ3) is 3.94. The highest BCUT2D eigenvalue weighted by Gasteiger charge is 2.44. The van der Waals surface area contributed by atoms with Gasteiger partial charge in [-0.3, -0.25) is 19.9 Å². The molecule has 3 aromatic carbocycles. The molecule has 1 aliphatic rings. The van der Waals surface area contributed by atoms with Crippen molar-refractivity contribution in [2.45, 2.75) is 12.0 Å². The number of non-ortho nitro benzene ring substituents is 1. The van der Waals surface area contributed by atoms with Crippen LogP contribution in [-0.2, 0) is 0 Å². The first-order chi connectivity index (χ1) is 16.1. The lowest BCUT2D eigenvalue weighted by atomic mass is 9.83. The van der Waals surface area contributed by atoms with Gasteiger partial charge in [0.25, 0.3) is 5.69 Å². The number of nitro benzene ring substituents is 1. The van der Waals surface area contributed by atoms with E-state index in [1.165, 1.54) is 12.1 Å². The molecule has 1 aromatic heterocycles. The van der Waals surface area contributed by atoms with Crippen molar-refractivity contribution in [2.24, 2.45) is 5.10 Å². The van der Waals surface area contributed by atoms with Crippen molar-refractivity contribution in [3.8, 4) is 0 Å². The molecular weight excluding hydrogens is 434 g/mol. The predicted octanol–water partition coefficient (Wildman–Crippen LogP) is 5.92. The fourth-order valence-corrected chi connectivity index (χ4v) is 4.89. The van der Waals surface area contributed by atoms with Gasteiger partial charge in [0.1, 0.15) is 6.04 Å². The summed E-state index contributed by atoms with van der Waals surface area (Å²) in [4.78, 5) is 25.6. The molecule has 0 saturated carbocycles. The number of nitro groups is 1. The van der Waals surface area contributed by atoms with Gasteiger partial charge in [0.2, 0.25) is 0 Å². The van der Waals surface area contributed by atoms with Gasteiger partial charge in [-0.15, -0.1) is 11.3 Å². The minimum atomic E-state index is -0.631. The Bertz CT molecular complexity index is 1300. The lowest BCUT2D eigenvalue weighted by Crippen LogP contribution is -2.39. The maximum atomic E-state index is 13.9. The average molecular weight is 454 g/mol. The maximum absolute atomic E-state index is 13.9. The van der Waals surface area contributed by atoms with Gasteiger partial charge in [-0.1, -0.05) is 66.7 Å². The predicted molar refractivity (Wildman–Crippen MR) is 130 cm³/mol. The van der Waals surface area contributed by atoms with Crippen LogP contribution in [0.2, 0.25) is 0 Å². The largest absolute Gasteiger partial charge is 0.292 e. The molecular formula is C26H19N3O3S. The summed E-state index contributed by atoms with van der Waals surface area (Å²) < 4.78 is 0. The molecule has 0 N–H and O–H groups in total. The fourth-order valence-electron chi connectivity index (χ4n) is 4.14. The molecule has 0 radical (unpaired) electrons. The number of anilines is 1. The molecule has 0 fully saturated rings. The van der Waals surface area contributed by atoms with Crippen LogP contribution in [0.15, 0.2) is 108 Å². The summed E-state index contributed by atoms with van der Waals surface area (Å²) in [6, 6.07) is 28.5. The van der Waals surface area contributed by atoms with Crippen LogP contribution in [0.4, 0.5) is 11.4 Å². The summed E-state index contributed by atoms with van der Waals surface area (Å²) in [6.07, 6.45) is 0. The topological polar surface area (TPSA) is 75.8 Å². The number of thiophene rings is 1. The highest BCUT2D eigenvalue weighted by molar-refractivity contribution is 7.12. The molecule has 7 heteroatoms. The van der Waals surface area contributed by atoms with E-state index in [-0.39, 0.29) is 11.5 Å². The Labute approximate surface area is 194 Å². The van der Waals surface area contributed by atoms with Crippen LogP contribution in [-0.4, -0.2) is 22.5 Å². The Morgan fingerprint density at radius 3 is 2.15 bits per heavy atom. The smallest absolute Gasteiger partial charge is 0.269 e. The number of carbonyl (C=O) groups is 1. The van der Waals surface area contributed by atoms with Gasteiger partial charge in [-0.05, 0) is 29.1 Å². The summed E-state index contributed by atoms with van der Waals surface area (Å²) in [7, 11) is 0. The van der Waals surface area contributed by atoms with E-state index in [9.17, 15) is 14.9 Å². The number of para-hydroxylation sites is 1. The van der Waals surface area contributed by atoms with Gasteiger partial charge in [0.15, 0.2) is 5.78 Å². The van der Waals surface area contributed by atoms with Gasteiger partial charge in [0.05, 0.1) is 27.1 Å². The van der Waals surface area contributed by atoms with Crippen molar-refractivity contribution >= 4 is 34.2 Å². The second kappa shape index (κ2) is 8.80. The number of hydrazone groups is 1. The zero-order valence-corrected chi connectivity index (χ0v) is 18.3. The molecule has 4 aromatic rings. The summed E-state index contributed by atoms with van der Waals surface area (Å²) in [5.41, 5.74) is 3.00. The highest BCUT2D eigenvalue weighted by atomic mass is 32.1. The maximum Gasteiger partial charge on any atom is 0.269 e. The number of benzene rings is 3. The van der Waals surface area contributed by atoms with Crippen LogP contribution < -0.4 is 5.01 Å². The van der Waals surface area contributed by atoms with Crippen molar-refractivity contribution < 1.29 is 9.72 Å². The van der Waals surface area contributed by atoms with Gasteiger partial charge < -0.3 is 0 Å².